The molecule has 6 heteroatoms. The normalized spacial score (nSPS) is 17.9. The summed E-state index contributed by atoms with van der Waals surface area (Å²) >= 11 is 0. The van der Waals surface area contributed by atoms with E-state index in [0.29, 0.717) is 35.0 Å². The molecule has 3 aliphatic heterocycles. The lowest BCUT2D eigenvalue weighted by atomic mass is 9.84. The van der Waals surface area contributed by atoms with Crippen molar-refractivity contribution in [3.05, 3.63) is 124 Å². The van der Waals surface area contributed by atoms with Crippen LogP contribution in [0.25, 0.3) is 6.08 Å². The Labute approximate surface area is 231 Å². The van der Waals surface area contributed by atoms with Gasteiger partial charge in [-0.2, -0.15) is 0 Å². The molecule has 3 heterocycles. The number of benzene rings is 4. The second-order valence-corrected chi connectivity index (χ2v) is 10.1. The van der Waals surface area contributed by atoms with Gasteiger partial charge in [0.15, 0.2) is 5.76 Å². The highest BCUT2D eigenvalue weighted by Gasteiger charge is 2.39. The molecule has 0 aliphatic carbocycles. The maximum absolute atomic E-state index is 13.3. The Hall–Kier alpha value is -4.84. The largest absolute Gasteiger partial charge is 0.493 e. The van der Waals surface area contributed by atoms with Crippen molar-refractivity contribution in [1.29, 1.82) is 0 Å². The van der Waals surface area contributed by atoms with Crippen molar-refractivity contribution in [2.75, 3.05) is 13.2 Å². The van der Waals surface area contributed by atoms with Gasteiger partial charge in [0.1, 0.15) is 23.0 Å². The van der Waals surface area contributed by atoms with Gasteiger partial charge in [0.2, 0.25) is 5.78 Å². The van der Waals surface area contributed by atoms with E-state index in [1.165, 1.54) is 11.1 Å². The van der Waals surface area contributed by atoms with Crippen LogP contribution in [0, 0.1) is 0 Å². The number of Topliss-reactive ketones (excluding diaryl/α,β-unsaturated/α-hetero) is 1. The molecular formula is C34H26O6. The van der Waals surface area contributed by atoms with E-state index in [-0.39, 0.29) is 29.9 Å². The summed E-state index contributed by atoms with van der Waals surface area (Å²) in [6.45, 7) is 1.21. The Bertz CT molecular complexity index is 1670. The lowest BCUT2D eigenvalue weighted by Crippen LogP contribution is -2.22. The summed E-state index contributed by atoms with van der Waals surface area (Å²) in [5, 5.41) is 0. The summed E-state index contributed by atoms with van der Waals surface area (Å²) in [5.41, 5.74) is 5.30. The Balaban J connectivity index is 1.19. The highest BCUT2D eigenvalue weighted by molar-refractivity contribution is 6.15. The van der Waals surface area contributed by atoms with Gasteiger partial charge in [0.05, 0.1) is 25.2 Å². The monoisotopic (exact) mass is 530 g/mol. The average molecular weight is 531 g/mol. The minimum absolute atomic E-state index is 0.115. The molecule has 7 rings (SSSR count). The number of para-hydroxylation sites is 1. The first-order chi connectivity index (χ1) is 19.6. The molecule has 0 fully saturated rings. The fourth-order valence-electron chi connectivity index (χ4n) is 5.65. The first kappa shape index (κ1) is 24.2. The van der Waals surface area contributed by atoms with Gasteiger partial charge in [-0.05, 0) is 47.0 Å². The molecule has 198 valence electrons. The van der Waals surface area contributed by atoms with E-state index >= 15 is 0 Å². The topological polar surface area (TPSA) is 71.1 Å². The fraction of sp³-hybridized carbons (Fsp3) is 0.176. The summed E-state index contributed by atoms with van der Waals surface area (Å²) < 4.78 is 23.7. The van der Waals surface area contributed by atoms with Crippen molar-refractivity contribution in [2.45, 2.75) is 25.2 Å². The molecule has 0 spiro atoms. The van der Waals surface area contributed by atoms with E-state index in [9.17, 15) is 9.59 Å². The molecular weight excluding hydrogens is 504 g/mol. The van der Waals surface area contributed by atoms with Crippen molar-refractivity contribution in [1.82, 2.24) is 0 Å². The molecule has 40 heavy (non-hydrogen) atoms. The standard InChI is InChI=1S/C34H26O6/c35-31-20-26(24-8-4-5-9-28(24)38-16-14-22-10-12-27-23(18-22)15-17-37-27)32-29(39-31)13-11-25-33(36)30(40-34(25)32)19-21-6-2-1-3-7-21/h1-13,18-19,26H,14-17,20H2/b30-19-. The first-order valence-corrected chi connectivity index (χ1v) is 13.5. The van der Waals surface area contributed by atoms with Crippen molar-refractivity contribution >= 4 is 17.8 Å². The summed E-state index contributed by atoms with van der Waals surface area (Å²) in [5.74, 6) is 1.84. The van der Waals surface area contributed by atoms with Crippen molar-refractivity contribution in [2.24, 2.45) is 0 Å². The van der Waals surface area contributed by atoms with Gasteiger partial charge in [0, 0.05) is 29.9 Å². The number of allylic oxidation sites excluding steroid dienone is 1. The molecule has 0 bridgehead atoms. The third-order valence-corrected chi connectivity index (χ3v) is 7.57. The predicted octanol–water partition coefficient (Wildman–Crippen LogP) is 6.30. The van der Waals surface area contributed by atoms with E-state index in [1.807, 2.05) is 60.7 Å². The molecule has 1 atom stereocenters. The number of rotatable bonds is 6. The minimum Gasteiger partial charge on any atom is -0.493 e. The molecule has 0 amide bonds. The zero-order valence-electron chi connectivity index (χ0n) is 21.7. The van der Waals surface area contributed by atoms with E-state index in [1.54, 1.807) is 18.2 Å². The number of hydrogen-bond acceptors (Lipinski definition) is 6. The maximum atomic E-state index is 13.3. The average Bonchev–Trinajstić information content (AvgIpc) is 3.57. The van der Waals surface area contributed by atoms with Gasteiger partial charge < -0.3 is 18.9 Å². The Morgan fingerprint density at radius 3 is 2.60 bits per heavy atom. The van der Waals surface area contributed by atoms with Crippen LogP contribution in [0.3, 0.4) is 0 Å². The van der Waals surface area contributed by atoms with Gasteiger partial charge in [-0.3, -0.25) is 9.59 Å². The second-order valence-electron chi connectivity index (χ2n) is 10.1. The molecule has 6 nitrogen and oxygen atoms in total. The van der Waals surface area contributed by atoms with Gasteiger partial charge in [-0.25, -0.2) is 0 Å². The van der Waals surface area contributed by atoms with Crippen LogP contribution >= 0.6 is 0 Å². The smallest absolute Gasteiger partial charge is 0.312 e. The molecule has 1 unspecified atom stereocenters. The van der Waals surface area contributed by atoms with E-state index in [4.69, 9.17) is 18.9 Å². The van der Waals surface area contributed by atoms with Crippen LogP contribution in [0.5, 0.6) is 23.0 Å². The van der Waals surface area contributed by atoms with Crippen molar-refractivity contribution in [3.63, 3.8) is 0 Å². The van der Waals surface area contributed by atoms with E-state index in [0.717, 1.165) is 36.3 Å². The number of hydrogen-bond donors (Lipinski definition) is 0. The zero-order valence-corrected chi connectivity index (χ0v) is 21.7. The predicted molar refractivity (Wildman–Crippen MR) is 149 cm³/mol. The molecule has 0 aromatic heterocycles. The summed E-state index contributed by atoms with van der Waals surface area (Å²) in [6, 6.07) is 26.9. The first-order valence-electron chi connectivity index (χ1n) is 13.5. The number of fused-ring (bicyclic) bond motifs is 4. The Morgan fingerprint density at radius 1 is 0.875 bits per heavy atom. The SMILES string of the molecule is O=C1CC(c2ccccc2OCCc2ccc3c(c2)CCO3)c2c(ccc3c2O/C(=C\c2ccccc2)C3=O)O1. The number of ketones is 1. The van der Waals surface area contributed by atoms with Gasteiger partial charge >= 0.3 is 5.97 Å². The van der Waals surface area contributed by atoms with Crippen LogP contribution in [0.1, 0.15) is 50.5 Å². The minimum atomic E-state index is -0.386. The van der Waals surface area contributed by atoms with E-state index in [2.05, 4.69) is 12.1 Å². The lowest BCUT2D eigenvalue weighted by molar-refractivity contribution is -0.135. The van der Waals surface area contributed by atoms with E-state index < -0.39 is 0 Å². The second kappa shape index (κ2) is 10.0. The van der Waals surface area contributed by atoms with Crippen molar-refractivity contribution < 1.29 is 28.5 Å². The third kappa shape index (κ3) is 4.41. The maximum Gasteiger partial charge on any atom is 0.312 e. The quantitative estimate of drug-likeness (QED) is 0.166. The number of carbonyl (C=O) groups excluding carboxylic acids is 2. The van der Waals surface area contributed by atoms with Crippen LogP contribution < -0.4 is 18.9 Å². The highest BCUT2D eigenvalue weighted by atomic mass is 16.5. The van der Waals surface area contributed by atoms with Crippen LogP contribution in [0.4, 0.5) is 0 Å². The summed E-state index contributed by atoms with van der Waals surface area (Å²) in [6.07, 6.45) is 3.53. The molecule has 0 N–H and O–H groups in total. The lowest BCUT2D eigenvalue weighted by Gasteiger charge is -2.27. The molecule has 0 saturated carbocycles. The van der Waals surface area contributed by atoms with Crippen LogP contribution in [-0.4, -0.2) is 25.0 Å². The number of carbonyl (C=O) groups is 2. The zero-order chi connectivity index (χ0) is 27.1. The number of esters is 1. The molecule has 3 aliphatic rings. The molecule has 0 radical (unpaired) electrons. The molecule has 4 aromatic carbocycles. The summed E-state index contributed by atoms with van der Waals surface area (Å²) in [4.78, 5) is 26.0. The van der Waals surface area contributed by atoms with Crippen LogP contribution in [-0.2, 0) is 17.6 Å². The Morgan fingerprint density at radius 2 is 1.70 bits per heavy atom. The van der Waals surface area contributed by atoms with Crippen LogP contribution in [0.15, 0.2) is 90.7 Å². The third-order valence-electron chi connectivity index (χ3n) is 7.57. The van der Waals surface area contributed by atoms with Gasteiger partial charge in [0.25, 0.3) is 0 Å². The van der Waals surface area contributed by atoms with Gasteiger partial charge in [-0.15, -0.1) is 0 Å². The van der Waals surface area contributed by atoms with Gasteiger partial charge in [-0.1, -0.05) is 60.7 Å². The van der Waals surface area contributed by atoms with Crippen molar-refractivity contribution in [3.8, 4) is 23.0 Å². The van der Waals surface area contributed by atoms with Crippen LogP contribution in [0.2, 0.25) is 0 Å². The Kier molecular flexibility index (Phi) is 6.08. The fourth-order valence-corrected chi connectivity index (χ4v) is 5.65. The molecule has 0 saturated heterocycles. The molecule has 4 aromatic rings. The summed E-state index contributed by atoms with van der Waals surface area (Å²) in [7, 11) is 0. The highest BCUT2D eigenvalue weighted by Crippen LogP contribution is 2.50. The number of ether oxygens (including phenoxy) is 4.